The van der Waals surface area contributed by atoms with Crippen LogP contribution < -0.4 is 11.1 Å². The predicted molar refractivity (Wildman–Crippen MR) is 94.4 cm³/mol. The van der Waals surface area contributed by atoms with E-state index in [1.165, 1.54) is 18.6 Å². The summed E-state index contributed by atoms with van der Waals surface area (Å²) in [7, 11) is 0. The second-order valence-corrected chi connectivity index (χ2v) is 7.83. The molecule has 25 heavy (non-hydrogen) atoms. The summed E-state index contributed by atoms with van der Waals surface area (Å²) in [4.78, 5) is 0. The summed E-state index contributed by atoms with van der Waals surface area (Å²) in [5.41, 5.74) is 7.00. The SMILES string of the molecule is CC(C)(C)n1nnnc1C(NC1CCCCC1N)c1ccc(F)cc1. The lowest BCUT2D eigenvalue weighted by atomic mass is 9.89. The first-order chi connectivity index (χ1) is 11.9. The number of nitrogens with one attached hydrogen (secondary N) is 1. The molecule has 0 spiro atoms. The van der Waals surface area contributed by atoms with Crippen molar-refractivity contribution in [2.24, 2.45) is 5.73 Å². The Morgan fingerprint density at radius 1 is 1.20 bits per heavy atom. The van der Waals surface area contributed by atoms with Crippen molar-refractivity contribution >= 4 is 0 Å². The Morgan fingerprint density at radius 2 is 1.88 bits per heavy atom. The number of benzene rings is 1. The molecular weight excluding hydrogens is 319 g/mol. The van der Waals surface area contributed by atoms with Crippen LogP contribution in [0, 0.1) is 5.82 Å². The van der Waals surface area contributed by atoms with Gasteiger partial charge in [0, 0.05) is 12.1 Å². The molecule has 1 saturated carbocycles. The van der Waals surface area contributed by atoms with Crippen molar-refractivity contribution in [3.8, 4) is 0 Å². The first-order valence-corrected chi connectivity index (χ1v) is 8.92. The third-order valence-electron chi connectivity index (χ3n) is 4.79. The minimum atomic E-state index is -0.257. The topological polar surface area (TPSA) is 81.7 Å². The van der Waals surface area contributed by atoms with Gasteiger partial charge in [-0.2, -0.15) is 0 Å². The van der Waals surface area contributed by atoms with E-state index in [0.717, 1.165) is 30.7 Å². The van der Waals surface area contributed by atoms with Crippen molar-refractivity contribution < 1.29 is 4.39 Å². The van der Waals surface area contributed by atoms with E-state index < -0.39 is 0 Å². The Hall–Kier alpha value is -1.86. The minimum absolute atomic E-state index is 0.107. The van der Waals surface area contributed by atoms with Crippen LogP contribution in [-0.2, 0) is 5.54 Å². The van der Waals surface area contributed by atoms with E-state index in [4.69, 9.17) is 5.73 Å². The lowest BCUT2D eigenvalue weighted by molar-refractivity contribution is 0.287. The molecule has 1 aliphatic rings. The van der Waals surface area contributed by atoms with Gasteiger partial charge < -0.3 is 5.73 Å². The molecule has 3 atom stereocenters. The summed E-state index contributed by atoms with van der Waals surface area (Å²) < 4.78 is 15.2. The Labute approximate surface area is 148 Å². The second-order valence-electron chi connectivity index (χ2n) is 7.83. The maximum absolute atomic E-state index is 13.4. The average Bonchev–Trinajstić information content (AvgIpc) is 3.05. The first kappa shape index (κ1) is 17.9. The minimum Gasteiger partial charge on any atom is -0.326 e. The molecule has 6 nitrogen and oxygen atoms in total. The lowest BCUT2D eigenvalue weighted by Crippen LogP contribution is -2.49. The van der Waals surface area contributed by atoms with E-state index in [1.807, 2.05) is 4.68 Å². The van der Waals surface area contributed by atoms with E-state index in [1.54, 1.807) is 12.1 Å². The molecule has 0 saturated heterocycles. The van der Waals surface area contributed by atoms with E-state index in [-0.39, 0.29) is 29.5 Å². The Balaban J connectivity index is 1.97. The second kappa shape index (κ2) is 7.17. The largest absolute Gasteiger partial charge is 0.326 e. The molecule has 1 aromatic carbocycles. The summed E-state index contributed by atoms with van der Waals surface area (Å²) in [6.45, 7) is 6.17. The normalized spacial score (nSPS) is 22.8. The molecule has 0 aliphatic heterocycles. The summed E-state index contributed by atoms with van der Waals surface area (Å²) >= 11 is 0. The Kier molecular flexibility index (Phi) is 5.15. The zero-order chi connectivity index (χ0) is 18.0. The summed E-state index contributed by atoms with van der Waals surface area (Å²) in [6, 6.07) is 6.56. The lowest BCUT2D eigenvalue weighted by Gasteiger charge is -2.33. The molecule has 1 heterocycles. The van der Waals surface area contributed by atoms with Crippen molar-refractivity contribution in [2.75, 3.05) is 0 Å². The van der Waals surface area contributed by atoms with Crippen LogP contribution in [-0.4, -0.2) is 32.3 Å². The highest BCUT2D eigenvalue weighted by Gasteiger charge is 2.31. The fraction of sp³-hybridized carbons (Fsp3) is 0.611. The van der Waals surface area contributed by atoms with Gasteiger partial charge in [0.1, 0.15) is 5.82 Å². The van der Waals surface area contributed by atoms with Crippen LogP contribution in [0.25, 0.3) is 0 Å². The highest BCUT2D eigenvalue weighted by molar-refractivity contribution is 5.26. The van der Waals surface area contributed by atoms with Crippen molar-refractivity contribution in [3.63, 3.8) is 0 Å². The number of rotatable bonds is 4. The first-order valence-electron chi connectivity index (χ1n) is 8.92. The van der Waals surface area contributed by atoms with Gasteiger partial charge in [-0.3, -0.25) is 5.32 Å². The van der Waals surface area contributed by atoms with Gasteiger partial charge in [-0.05, 0) is 61.7 Å². The highest BCUT2D eigenvalue weighted by atomic mass is 19.1. The van der Waals surface area contributed by atoms with Crippen LogP contribution >= 0.6 is 0 Å². The van der Waals surface area contributed by atoms with Crippen molar-refractivity contribution in [1.82, 2.24) is 25.5 Å². The number of hydrogen-bond donors (Lipinski definition) is 2. The molecule has 1 aliphatic carbocycles. The van der Waals surface area contributed by atoms with E-state index in [0.29, 0.717) is 0 Å². The third-order valence-corrected chi connectivity index (χ3v) is 4.79. The number of aromatic nitrogens is 4. The van der Waals surface area contributed by atoms with Crippen LogP contribution in [0.3, 0.4) is 0 Å². The van der Waals surface area contributed by atoms with Crippen LogP contribution in [0.4, 0.5) is 4.39 Å². The fourth-order valence-corrected chi connectivity index (χ4v) is 3.41. The van der Waals surface area contributed by atoms with Gasteiger partial charge in [0.25, 0.3) is 0 Å². The number of tetrazole rings is 1. The van der Waals surface area contributed by atoms with Gasteiger partial charge >= 0.3 is 0 Å². The van der Waals surface area contributed by atoms with Gasteiger partial charge in [-0.1, -0.05) is 25.0 Å². The summed E-state index contributed by atoms with van der Waals surface area (Å²) in [5, 5.41) is 16.0. The van der Waals surface area contributed by atoms with Gasteiger partial charge in [0.2, 0.25) is 0 Å². The molecular formula is C18H27FN6. The zero-order valence-electron chi connectivity index (χ0n) is 15.1. The average molecular weight is 346 g/mol. The maximum Gasteiger partial charge on any atom is 0.173 e. The molecule has 136 valence electrons. The summed E-state index contributed by atoms with van der Waals surface area (Å²) in [6.07, 6.45) is 4.36. The van der Waals surface area contributed by atoms with Crippen LogP contribution in [0.1, 0.15) is 63.9 Å². The number of nitrogens with two attached hydrogens (primary N) is 1. The molecule has 0 bridgehead atoms. The molecule has 1 fully saturated rings. The van der Waals surface area contributed by atoms with E-state index in [9.17, 15) is 4.39 Å². The number of nitrogens with zero attached hydrogens (tertiary/aromatic N) is 4. The molecule has 0 radical (unpaired) electrons. The Morgan fingerprint density at radius 3 is 2.52 bits per heavy atom. The van der Waals surface area contributed by atoms with Gasteiger partial charge in [-0.15, -0.1) is 5.10 Å². The van der Waals surface area contributed by atoms with Crippen LogP contribution in [0.15, 0.2) is 24.3 Å². The number of hydrogen-bond acceptors (Lipinski definition) is 5. The smallest absolute Gasteiger partial charge is 0.173 e. The number of halogens is 1. The van der Waals surface area contributed by atoms with Crippen LogP contribution in [0.2, 0.25) is 0 Å². The zero-order valence-corrected chi connectivity index (χ0v) is 15.1. The van der Waals surface area contributed by atoms with Crippen molar-refractivity contribution in [2.45, 2.75) is 70.1 Å². The third kappa shape index (κ3) is 4.04. The molecule has 2 aromatic rings. The summed E-state index contributed by atoms with van der Waals surface area (Å²) in [5.74, 6) is 0.462. The highest BCUT2D eigenvalue weighted by Crippen LogP contribution is 2.27. The predicted octanol–water partition coefficient (Wildman–Crippen LogP) is 2.52. The molecule has 0 amide bonds. The standard InChI is InChI=1S/C18H27FN6/c1-18(2,3)25-17(22-23-24-25)16(12-8-10-13(19)11-9-12)21-15-7-5-4-6-14(15)20/h8-11,14-16,21H,4-7,20H2,1-3H3. The maximum atomic E-state index is 13.4. The van der Waals surface area contributed by atoms with E-state index >= 15 is 0 Å². The molecule has 3 rings (SSSR count). The van der Waals surface area contributed by atoms with Crippen LogP contribution in [0.5, 0.6) is 0 Å². The molecule has 3 N–H and O–H groups in total. The van der Waals surface area contributed by atoms with Gasteiger partial charge in [0.05, 0.1) is 11.6 Å². The molecule has 3 unspecified atom stereocenters. The quantitative estimate of drug-likeness (QED) is 0.889. The van der Waals surface area contributed by atoms with Crippen molar-refractivity contribution in [1.29, 1.82) is 0 Å². The Bertz CT molecular complexity index is 690. The molecule has 7 heteroatoms. The fourth-order valence-electron chi connectivity index (χ4n) is 3.41. The van der Waals surface area contributed by atoms with E-state index in [2.05, 4.69) is 41.6 Å². The monoisotopic (exact) mass is 346 g/mol. The van der Waals surface area contributed by atoms with Crippen molar-refractivity contribution in [3.05, 3.63) is 41.5 Å². The van der Waals surface area contributed by atoms with Gasteiger partial charge in [0.15, 0.2) is 5.82 Å². The molecule has 1 aromatic heterocycles. The van der Waals surface area contributed by atoms with Gasteiger partial charge in [-0.25, -0.2) is 9.07 Å².